The van der Waals surface area contributed by atoms with Crippen molar-refractivity contribution in [2.45, 2.75) is 19.3 Å². The van der Waals surface area contributed by atoms with Crippen LogP contribution in [-0.2, 0) is 9.53 Å². The van der Waals surface area contributed by atoms with Gasteiger partial charge in [0.2, 0.25) is 0 Å². The van der Waals surface area contributed by atoms with E-state index >= 15 is 0 Å². The van der Waals surface area contributed by atoms with Gasteiger partial charge in [-0.15, -0.1) is 0 Å². The zero-order valence-electron chi connectivity index (χ0n) is 9.69. The second-order valence-electron chi connectivity index (χ2n) is 3.99. The lowest BCUT2D eigenvalue weighted by atomic mass is 10.0. The van der Waals surface area contributed by atoms with Gasteiger partial charge in [0.1, 0.15) is 0 Å². The Morgan fingerprint density at radius 3 is 2.94 bits per heavy atom. The Balaban J connectivity index is 2.44. The zero-order valence-corrected chi connectivity index (χ0v) is 9.69. The Kier molecular flexibility index (Phi) is 3.24. The van der Waals surface area contributed by atoms with E-state index in [1.54, 1.807) is 6.07 Å². The maximum absolute atomic E-state index is 11.6. The van der Waals surface area contributed by atoms with Crippen LogP contribution in [0.15, 0.2) is 29.8 Å². The summed E-state index contributed by atoms with van der Waals surface area (Å²) in [4.78, 5) is 11.6. The lowest BCUT2D eigenvalue weighted by molar-refractivity contribution is -0.136. The molecule has 0 bridgehead atoms. The highest BCUT2D eigenvalue weighted by Gasteiger charge is 2.22. The van der Waals surface area contributed by atoms with Gasteiger partial charge in [-0.25, -0.2) is 4.79 Å². The lowest BCUT2D eigenvalue weighted by Gasteiger charge is -2.06. The maximum Gasteiger partial charge on any atom is 0.334 e. The second kappa shape index (κ2) is 4.84. The maximum atomic E-state index is 11.6. The fourth-order valence-corrected chi connectivity index (χ4v) is 2.19. The molecule has 0 saturated heterocycles. The number of nitrogens with zero attached hydrogens (tertiary/aromatic N) is 1. The Morgan fingerprint density at radius 2 is 2.24 bits per heavy atom. The van der Waals surface area contributed by atoms with Crippen LogP contribution in [0, 0.1) is 11.3 Å². The molecule has 1 aliphatic rings. The Labute approximate surface area is 100 Å². The van der Waals surface area contributed by atoms with Crippen molar-refractivity contribution >= 4 is 11.5 Å². The molecular formula is C14H13NO2. The monoisotopic (exact) mass is 227 g/mol. The van der Waals surface area contributed by atoms with Crippen LogP contribution in [0.4, 0.5) is 0 Å². The van der Waals surface area contributed by atoms with E-state index in [0.717, 1.165) is 36.0 Å². The summed E-state index contributed by atoms with van der Waals surface area (Å²) in [5.41, 5.74) is 3.35. The zero-order chi connectivity index (χ0) is 12.3. The molecule has 3 heteroatoms. The van der Waals surface area contributed by atoms with E-state index in [4.69, 9.17) is 10.00 Å². The topological polar surface area (TPSA) is 50.1 Å². The highest BCUT2D eigenvalue weighted by molar-refractivity contribution is 5.98. The third-order valence-corrected chi connectivity index (χ3v) is 2.99. The molecule has 0 amide bonds. The molecule has 0 spiro atoms. The molecule has 1 aliphatic carbocycles. The first-order chi connectivity index (χ1) is 8.26. The van der Waals surface area contributed by atoms with Crippen molar-refractivity contribution in [2.75, 3.05) is 7.11 Å². The van der Waals surface area contributed by atoms with Gasteiger partial charge in [0.05, 0.1) is 18.7 Å². The smallest absolute Gasteiger partial charge is 0.334 e. The van der Waals surface area contributed by atoms with Crippen molar-refractivity contribution in [3.05, 3.63) is 41.0 Å². The van der Waals surface area contributed by atoms with E-state index in [9.17, 15) is 4.79 Å². The number of nitriles is 1. The molecule has 0 aliphatic heterocycles. The summed E-state index contributed by atoms with van der Waals surface area (Å²) in [6.45, 7) is 0. The summed E-state index contributed by atoms with van der Waals surface area (Å²) in [6, 6.07) is 9.47. The Morgan fingerprint density at radius 1 is 1.41 bits per heavy atom. The summed E-state index contributed by atoms with van der Waals surface area (Å²) >= 11 is 0. The second-order valence-corrected chi connectivity index (χ2v) is 3.99. The molecule has 0 atom stereocenters. The molecule has 0 radical (unpaired) electrons. The minimum atomic E-state index is -0.250. The van der Waals surface area contributed by atoms with Gasteiger partial charge in [0.15, 0.2) is 0 Å². The largest absolute Gasteiger partial charge is 0.466 e. The summed E-state index contributed by atoms with van der Waals surface area (Å²) in [7, 11) is 1.40. The fourth-order valence-electron chi connectivity index (χ4n) is 2.19. The van der Waals surface area contributed by atoms with Gasteiger partial charge in [-0.1, -0.05) is 12.1 Å². The summed E-state index contributed by atoms with van der Waals surface area (Å²) in [5, 5.41) is 8.87. The molecule has 86 valence electrons. The number of carbonyl (C=O) groups excluding carboxylic acids is 1. The lowest BCUT2D eigenvalue weighted by Crippen LogP contribution is -2.04. The fraction of sp³-hybridized carbons (Fsp3) is 0.286. The normalized spacial score (nSPS) is 14.6. The van der Waals surface area contributed by atoms with Crippen LogP contribution in [0.3, 0.4) is 0 Å². The van der Waals surface area contributed by atoms with Crippen LogP contribution in [0.2, 0.25) is 0 Å². The predicted molar refractivity (Wildman–Crippen MR) is 63.9 cm³/mol. The number of esters is 1. The minimum Gasteiger partial charge on any atom is -0.466 e. The van der Waals surface area contributed by atoms with Gasteiger partial charge in [-0.05, 0) is 42.5 Å². The number of allylic oxidation sites excluding steroid dienone is 1. The van der Waals surface area contributed by atoms with Crippen LogP contribution in [0.5, 0.6) is 0 Å². The van der Waals surface area contributed by atoms with E-state index < -0.39 is 0 Å². The van der Waals surface area contributed by atoms with Crippen LogP contribution in [-0.4, -0.2) is 13.1 Å². The van der Waals surface area contributed by atoms with Crippen LogP contribution in [0.1, 0.15) is 30.4 Å². The number of rotatable bonds is 2. The standard InChI is InChI=1S/C14H13NO2/c1-17-14(16)13-7-3-6-12(13)11-5-2-4-10(8-11)9-15/h2,4-5,8H,3,6-7H2,1H3. The summed E-state index contributed by atoms with van der Waals surface area (Å²) < 4.78 is 4.78. The van der Waals surface area contributed by atoms with E-state index in [1.165, 1.54) is 7.11 Å². The number of hydrogen-bond donors (Lipinski definition) is 0. The third-order valence-electron chi connectivity index (χ3n) is 2.99. The highest BCUT2D eigenvalue weighted by atomic mass is 16.5. The number of hydrogen-bond acceptors (Lipinski definition) is 3. The van der Waals surface area contributed by atoms with Crippen LogP contribution < -0.4 is 0 Å². The summed E-state index contributed by atoms with van der Waals surface area (Å²) in [6.07, 6.45) is 2.61. The van der Waals surface area contributed by atoms with Crippen molar-refractivity contribution in [2.24, 2.45) is 0 Å². The van der Waals surface area contributed by atoms with E-state index in [1.807, 2.05) is 18.2 Å². The van der Waals surface area contributed by atoms with Crippen LogP contribution >= 0.6 is 0 Å². The molecule has 0 unspecified atom stereocenters. The number of methoxy groups -OCH3 is 1. The van der Waals surface area contributed by atoms with Gasteiger partial charge >= 0.3 is 5.97 Å². The molecule has 2 rings (SSSR count). The highest BCUT2D eigenvalue weighted by Crippen LogP contribution is 2.34. The van der Waals surface area contributed by atoms with Crippen molar-refractivity contribution in [1.29, 1.82) is 5.26 Å². The third kappa shape index (κ3) is 2.21. The van der Waals surface area contributed by atoms with E-state index in [2.05, 4.69) is 6.07 Å². The van der Waals surface area contributed by atoms with Crippen LogP contribution in [0.25, 0.3) is 5.57 Å². The first kappa shape index (κ1) is 11.4. The predicted octanol–water partition coefficient (Wildman–Crippen LogP) is 2.67. The summed E-state index contributed by atoms with van der Waals surface area (Å²) in [5.74, 6) is -0.250. The van der Waals surface area contributed by atoms with Gasteiger partial charge in [-0.3, -0.25) is 0 Å². The molecule has 0 saturated carbocycles. The average Bonchev–Trinajstić information content (AvgIpc) is 2.87. The molecule has 0 aromatic heterocycles. The van der Waals surface area contributed by atoms with Gasteiger partial charge in [0, 0.05) is 5.57 Å². The quantitative estimate of drug-likeness (QED) is 0.730. The molecule has 17 heavy (non-hydrogen) atoms. The van der Waals surface area contributed by atoms with Crippen molar-refractivity contribution < 1.29 is 9.53 Å². The molecule has 0 heterocycles. The van der Waals surface area contributed by atoms with Gasteiger partial charge in [-0.2, -0.15) is 5.26 Å². The molecule has 3 nitrogen and oxygen atoms in total. The Bertz CT molecular complexity index is 523. The average molecular weight is 227 g/mol. The van der Waals surface area contributed by atoms with E-state index in [0.29, 0.717) is 5.56 Å². The molecule has 0 N–H and O–H groups in total. The molecule has 0 fully saturated rings. The van der Waals surface area contributed by atoms with Crippen molar-refractivity contribution in [3.8, 4) is 6.07 Å². The SMILES string of the molecule is COC(=O)C1=C(c2cccc(C#N)c2)CCC1. The number of ether oxygens (including phenoxy) is 1. The van der Waals surface area contributed by atoms with Crippen molar-refractivity contribution in [1.82, 2.24) is 0 Å². The van der Waals surface area contributed by atoms with E-state index in [-0.39, 0.29) is 5.97 Å². The number of benzene rings is 1. The van der Waals surface area contributed by atoms with Gasteiger partial charge < -0.3 is 4.74 Å². The first-order valence-corrected chi connectivity index (χ1v) is 5.57. The number of carbonyl (C=O) groups is 1. The Hall–Kier alpha value is -2.08. The minimum absolute atomic E-state index is 0.250. The van der Waals surface area contributed by atoms with Crippen molar-refractivity contribution in [3.63, 3.8) is 0 Å². The molecule has 1 aromatic rings. The molecule has 1 aromatic carbocycles. The first-order valence-electron chi connectivity index (χ1n) is 5.57. The molecular weight excluding hydrogens is 214 g/mol. The van der Waals surface area contributed by atoms with Gasteiger partial charge in [0.25, 0.3) is 0 Å².